The number of halogens is 4. The Hall–Kier alpha value is -3.05. The molecule has 1 aromatic carbocycles. The summed E-state index contributed by atoms with van der Waals surface area (Å²) in [6.45, 7) is 3.55. The minimum Gasteiger partial charge on any atom is -0.355 e. The first-order chi connectivity index (χ1) is 16.7. The second kappa shape index (κ2) is 9.19. The van der Waals surface area contributed by atoms with Gasteiger partial charge in [0.25, 0.3) is 5.91 Å². The molecule has 3 aromatic heterocycles. The lowest BCUT2D eigenvalue weighted by Gasteiger charge is -2.19. The van der Waals surface area contributed by atoms with Gasteiger partial charge in [-0.1, -0.05) is 6.07 Å². The second-order valence-electron chi connectivity index (χ2n) is 8.38. The molecule has 1 fully saturated rings. The van der Waals surface area contributed by atoms with Crippen LogP contribution in [0.5, 0.6) is 0 Å². The highest BCUT2D eigenvalue weighted by Gasteiger charge is 2.31. The number of nitrogens with one attached hydrogen (secondary N) is 1. The Balaban J connectivity index is 1.36. The molecule has 1 saturated heterocycles. The minimum absolute atomic E-state index is 0.00567. The van der Waals surface area contributed by atoms with Gasteiger partial charge in [-0.15, -0.1) is 11.3 Å². The van der Waals surface area contributed by atoms with Crippen LogP contribution in [-0.4, -0.2) is 33.9 Å². The van der Waals surface area contributed by atoms with Crippen LogP contribution in [-0.2, 0) is 6.18 Å². The van der Waals surface area contributed by atoms with E-state index in [1.165, 1.54) is 6.20 Å². The molecule has 5 rings (SSSR count). The van der Waals surface area contributed by atoms with Gasteiger partial charge in [-0.3, -0.25) is 9.78 Å². The van der Waals surface area contributed by atoms with Gasteiger partial charge >= 0.3 is 6.18 Å². The highest BCUT2D eigenvalue weighted by atomic mass is 79.9. The van der Waals surface area contributed by atoms with Crippen molar-refractivity contribution in [3.05, 3.63) is 75.1 Å². The van der Waals surface area contributed by atoms with Crippen molar-refractivity contribution in [2.45, 2.75) is 25.4 Å². The number of carbonyl (C=O) groups is 1. The number of pyridine rings is 1. The van der Waals surface area contributed by atoms with Crippen LogP contribution in [0, 0.1) is 6.92 Å². The topological polar surface area (TPSA) is 71.0 Å². The summed E-state index contributed by atoms with van der Waals surface area (Å²) in [5.41, 5.74) is 2.46. The Labute approximate surface area is 211 Å². The molecule has 0 saturated carbocycles. The van der Waals surface area contributed by atoms with Crippen LogP contribution in [0.4, 0.5) is 24.7 Å². The maximum atomic E-state index is 13.0. The molecule has 0 spiro atoms. The van der Waals surface area contributed by atoms with Crippen molar-refractivity contribution >= 4 is 54.9 Å². The van der Waals surface area contributed by atoms with Gasteiger partial charge in [-0.05, 0) is 64.7 Å². The van der Waals surface area contributed by atoms with E-state index in [1.54, 1.807) is 23.7 Å². The number of alkyl halides is 3. The van der Waals surface area contributed by atoms with Crippen LogP contribution in [0.15, 0.2) is 52.8 Å². The summed E-state index contributed by atoms with van der Waals surface area (Å²) < 4.78 is 40.9. The Morgan fingerprint density at radius 2 is 2.03 bits per heavy atom. The fourth-order valence-electron chi connectivity index (χ4n) is 4.33. The smallest absolute Gasteiger partial charge is 0.355 e. The van der Waals surface area contributed by atoms with Gasteiger partial charge in [-0.2, -0.15) is 13.2 Å². The molecular formula is C24H19BrF3N5OS. The number of amides is 1. The zero-order valence-electron chi connectivity index (χ0n) is 18.4. The Bertz CT molecular complexity index is 1420. The van der Waals surface area contributed by atoms with Gasteiger partial charge in [0.2, 0.25) is 0 Å². The molecule has 11 heteroatoms. The number of carbonyl (C=O) groups excluding carboxylic acids is 1. The fraction of sp³-hybridized carbons (Fsp3) is 0.250. The standard InChI is InChI=1S/C24H19BrF3N5OS/c1-13-2-3-14(23(34)32-17-7-16(9-29-10-17)24(26,27)28)6-18(13)15-4-5-33(11-15)22-21-19(30-12-31-22)8-20(25)35-21/h2-3,6-10,12,15H,4-5,11H2,1H3,(H,32,34)/t15-/m1/s1. The zero-order valence-corrected chi connectivity index (χ0v) is 20.8. The molecule has 1 aliphatic rings. The third kappa shape index (κ3) is 4.87. The molecular weight excluding hydrogens is 543 g/mol. The number of rotatable bonds is 4. The number of nitrogens with zero attached hydrogens (tertiary/aromatic N) is 4. The summed E-state index contributed by atoms with van der Waals surface area (Å²) >= 11 is 5.12. The van der Waals surface area contributed by atoms with Crippen LogP contribution in [0.1, 0.15) is 39.4 Å². The lowest BCUT2D eigenvalue weighted by Crippen LogP contribution is -2.21. The SMILES string of the molecule is Cc1ccc(C(=O)Nc2cncc(C(F)(F)F)c2)cc1[C@@H]1CCN(c2ncnc3cc(Br)sc23)C1. The van der Waals surface area contributed by atoms with Crippen LogP contribution < -0.4 is 10.2 Å². The molecule has 0 aliphatic carbocycles. The van der Waals surface area contributed by atoms with E-state index in [9.17, 15) is 18.0 Å². The van der Waals surface area contributed by atoms with Crippen molar-refractivity contribution in [1.82, 2.24) is 15.0 Å². The van der Waals surface area contributed by atoms with E-state index < -0.39 is 17.6 Å². The third-order valence-corrected chi connectivity index (χ3v) is 7.68. The number of hydrogen-bond donors (Lipinski definition) is 1. The molecule has 0 unspecified atom stereocenters. The summed E-state index contributed by atoms with van der Waals surface area (Å²) in [7, 11) is 0. The lowest BCUT2D eigenvalue weighted by atomic mass is 9.92. The van der Waals surface area contributed by atoms with E-state index in [4.69, 9.17) is 0 Å². The lowest BCUT2D eigenvalue weighted by molar-refractivity contribution is -0.137. The fourth-order valence-corrected chi connectivity index (χ4v) is 5.89. The van der Waals surface area contributed by atoms with Crippen molar-refractivity contribution in [2.75, 3.05) is 23.3 Å². The number of thiophene rings is 1. The predicted molar refractivity (Wildman–Crippen MR) is 133 cm³/mol. The summed E-state index contributed by atoms with van der Waals surface area (Å²) in [6, 6.07) is 8.23. The van der Waals surface area contributed by atoms with Crippen molar-refractivity contribution in [1.29, 1.82) is 0 Å². The van der Waals surface area contributed by atoms with Gasteiger partial charge in [0.1, 0.15) is 12.1 Å². The van der Waals surface area contributed by atoms with Crippen molar-refractivity contribution < 1.29 is 18.0 Å². The van der Waals surface area contributed by atoms with Crippen molar-refractivity contribution in [3.8, 4) is 0 Å². The first kappa shape index (κ1) is 23.7. The number of benzene rings is 1. The molecule has 1 amide bonds. The normalized spacial score (nSPS) is 16.1. The number of anilines is 2. The predicted octanol–water partition coefficient (Wildman–Crippen LogP) is 6.42. The largest absolute Gasteiger partial charge is 0.417 e. The number of aryl methyl sites for hydroxylation is 1. The molecule has 180 valence electrons. The zero-order chi connectivity index (χ0) is 24.7. The third-order valence-electron chi connectivity index (χ3n) is 6.05. The van der Waals surface area contributed by atoms with Crippen LogP contribution in [0.2, 0.25) is 0 Å². The minimum atomic E-state index is -4.53. The quantitative estimate of drug-likeness (QED) is 0.311. The van der Waals surface area contributed by atoms with Gasteiger partial charge in [-0.25, -0.2) is 9.97 Å². The van der Waals surface area contributed by atoms with E-state index in [0.717, 1.165) is 62.7 Å². The average Bonchev–Trinajstić information content (AvgIpc) is 3.45. The monoisotopic (exact) mass is 561 g/mol. The molecule has 0 radical (unpaired) electrons. The average molecular weight is 562 g/mol. The van der Waals surface area contributed by atoms with E-state index in [2.05, 4.69) is 41.1 Å². The van der Waals surface area contributed by atoms with E-state index in [0.29, 0.717) is 5.56 Å². The van der Waals surface area contributed by atoms with Gasteiger partial charge in [0, 0.05) is 30.8 Å². The maximum Gasteiger partial charge on any atom is 0.417 e. The molecule has 6 nitrogen and oxygen atoms in total. The molecule has 1 aliphatic heterocycles. The highest BCUT2D eigenvalue weighted by molar-refractivity contribution is 9.11. The summed E-state index contributed by atoms with van der Waals surface area (Å²) in [6.07, 6.45) is -0.147. The molecule has 1 atom stereocenters. The number of fused-ring (bicyclic) bond motifs is 1. The van der Waals surface area contributed by atoms with Gasteiger partial charge in [0.15, 0.2) is 0 Å². The summed E-state index contributed by atoms with van der Waals surface area (Å²) in [5, 5.41) is 2.53. The van der Waals surface area contributed by atoms with Gasteiger partial charge in [0.05, 0.1) is 31.5 Å². The van der Waals surface area contributed by atoms with E-state index >= 15 is 0 Å². The molecule has 4 heterocycles. The van der Waals surface area contributed by atoms with E-state index in [1.807, 2.05) is 25.1 Å². The van der Waals surface area contributed by atoms with Crippen LogP contribution in [0.3, 0.4) is 0 Å². The molecule has 4 aromatic rings. The maximum absolute atomic E-state index is 13.0. The summed E-state index contributed by atoms with van der Waals surface area (Å²) in [4.78, 5) is 27.5. The summed E-state index contributed by atoms with van der Waals surface area (Å²) in [5.74, 6) is 0.603. The molecule has 0 bridgehead atoms. The number of aromatic nitrogens is 3. The number of hydrogen-bond acceptors (Lipinski definition) is 6. The second-order valence-corrected chi connectivity index (χ2v) is 10.8. The van der Waals surface area contributed by atoms with Crippen LogP contribution in [0.25, 0.3) is 10.2 Å². The first-order valence-corrected chi connectivity index (χ1v) is 12.4. The first-order valence-electron chi connectivity index (χ1n) is 10.8. The molecule has 35 heavy (non-hydrogen) atoms. The Morgan fingerprint density at radius 1 is 1.20 bits per heavy atom. The molecule has 1 N–H and O–H groups in total. The van der Waals surface area contributed by atoms with Crippen molar-refractivity contribution in [2.24, 2.45) is 0 Å². The Kier molecular flexibility index (Phi) is 6.22. The van der Waals surface area contributed by atoms with Gasteiger partial charge < -0.3 is 10.2 Å². The van der Waals surface area contributed by atoms with E-state index in [-0.39, 0.29) is 11.6 Å². The highest BCUT2D eigenvalue weighted by Crippen LogP contribution is 2.38. The van der Waals surface area contributed by atoms with Crippen LogP contribution >= 0.6 is 27.3 Å². The Morgan fingerprint density at radius 3 is 2.83 bits per heavy atom. The van der Waals surface area contributed by atoms with Crippen molar-refractivity contribution in [3.63, 3.8) is 0 Å².